The monoisotopic (exact) mass is 791 g/mol. The molecule has 1 amide bonds. The van der Waals surface area contributed by atoms with Gasteiger partial charge in [0.25, 0.3) is 0 Å². The van der Waals surface area contributed by atoms with Crippen molar-refractivity contribution >= 4 is 85.5 Å². The average molecular weight is 792 g/mol. The summed E-state index contributed by atoms with van der Waals surface area (Å²) in [6, 6.07) is 11.0. The molecule has 3 saturated heterocycles. The van der Waals surface area contributed by atoms with E-state index in [1.54, 1.807) is 23.2 Å². The number of piperazine rings is 1. The number of hydrogen-bond donors (Lipinski definition) is 0. The van der Waals surface area contributed by atoms with E-state index in [4.69, 9.17) is 32.6 Å². The molecule has 2 aromatic carbocycles. The van der Waals surface area contributed by atoms with Crippen molar-refractivity contribution in [1.82, 2.24) is 24.8 Å². The van der Waals surface area contributed by atoms with Crippen molar-refractivity contribution in [3.63, 3.8) is 0 Å². The van der Waals surface area contributed by atoms with Crippen LogP contribution in [0.25, 0.3) is 37.8 Å². The van der Waals surface area contributed by atoms with E-state index in [9.17, 15) is 9.18 Å². The Labute approximate surface area is 328 Å². The van der Waals surface area contributed by atoms with Gasteiger partial charge < -0.3 is 24.1 Å². The zero-order chi connectivity index (χ0) is 33.2. The van der Waals surface area contributed by atoms with Crippen molar-refractivity contribution in [2.75, 3.05) is 64.1 Å². The van der Waals surface area contributed by atoms with Gasteiger partial charge in [0.2, 0.25) is 12.5 Å². The third kappa shape index (κ3) is 8.69. The van der Waals surface area contributed by atoms with E-state index in [-0.39, 0.29) is 90.7 Å². The van der Waals surface area contributed by atoms with Gasteiger partial charge in [0.15, 0.2) is 5.82 Å². The highest BCUT2D eigenvalue weighted by molar-refractivity contribution is 7.59. The van der Waals surface area contributed by atoms with Gasteiger partial charge in [-0.2, -0.15) is 50.5 Å². The predicted molar refractivity (Wildman–Crippen MR) is 217 cm³/mol. The van der Waals surface area contributed by atoms with Crippen LogP contribution in [0.2, 0.25) is 5.02 Å². The molecule has 2 aromatic heterocycles. The number of fused-ring (bicyclic) bond motifs is 4. The molecule has 280 valence electrons. The van der Waals surface area contributed by atoms with E-state index in [0.29, 0.717) is 52.5 Å². The first-order valence-corrected chi connectivity index (χ1v) is 16.5. The summed E-state index contributed by atoms with van der Waals surface area (Å²) in [6.07, 6.45) is 6.01. The van der Waals surface area contributed by atoms with E-state index in [2.05, 4.69) is 19.7 Å². The van der Waals surface area contributed by atoms with E-state index in [0.717, 1.165) is 44.0 Å². The SMILES string of the molecule is C.S.S.S.[C-]#[N+]C[C@H]1CN(c2nc(OCCCN3C[C@@H]4C[C@H]3CO4)nc3c(F)c(-c4cccc5cccc(Cl)c45)ncc23)CCN1C(=O)/C=C/CF. The van der Waals surface area contributed by atoms with Gasteiger partial charge in [0.1, 0.15) is 29.7 Å². The lowest BCUT2D eigenvalue weighted by Crippen LogP contribution is -2.56. The lowest BCUT2D eigenvalue weighted by Gasteiger charge is -2.39. The van der Waals surface area contributed by atoms with Crippen LogP contribution in [0.1, 0.15) is 20.3 Å². The number of amides is 1. The number of carbonyl (C=O) groups excluding carboxylic acids is 1. The number of aromatic nitrogens is 3. The number of benzene rings is 2. The highest BCUT2D eigenvalue weighted by Gasteiger charge is 2.38. The summed E-state index contributed by atoms with van der Waals surface area (Å²) in [4.78, 5) is 36.1. The highest BCUT2D eigenvalue weighted by Crippen LogP contribution is 2.37. The second kappa shape index (κ2) is 19.1. The van der Waals surface area contributed by atoms with Crippen molar-refractivity contribution in [3.05, 3.63) is 77.0 Å². The molecular weight excluding hydrogens is 748 g/mol. The molecule has 0 N–H and O–H groups in total. The van der Waals surface area contributed by atoms with Gasteiger partial charge in [-0.15, -0.1) is 0 Å². The van der Waals surface area contributed by atoms with Crippen molar-refractivity contribution < 1.29 is 23.0 Å². The van der Waals surface area contributed by atoms with Crippen LogP contribution < -0.4 is 9.64 Å². The molecule has 0 aliphatic carbocycles. The molecular formula is C36H44ClF2N7O3S3. The fourth-order valence-corrected chi connectivity index (χ4v) is 7.32. The fraction of sp³-hybridized carbons (Fsp3) is 0.417. The standard InChI is InChI=1S/C35H34ClF2N7O3.CH4.3H2S/c1-39-17-24-19-44(13-14-45(24)29(46)10-4-11-37)34-27-18-40-32(26-8-2-6-22-7-3-9-28(36)30(22)26)31(38)33(27)41-35(42-34)47-15-5-12-43-20-25-16-23(43)21-48-25;;;;/h2-4,6-10,18,23-25H,5,11-17,19-21H2;1H4;3*1H2/b10-4+;;;;/t23-,24-,25-;;;;/m0..../s1. The number of hydrogen-bond acceptors (Lipinski definition) is 8. The Kier molecular flexibility index (Phi) is 15.8. The van der Waals surface area contributed by atoms with Gasteiger partial charge in [0.05, 0.1) is 24.7 Å². The highest BCUT2D eigenvalue weighted by atomic mass is 35.5. The number of alkyl halides is 1. The van der Waals surface area contributed by atoms with Gasteiger partial charge in [-0.25, -0.2) is 15.4 Å². The van der Waals surface area contributed by atoms with E-state index >= 15 is 4.39 Å². The molecule has 0 unspecified atom stereocenters. The molecule has 0 radical (unpaired) electrons. The average Bonchev–Trinajstić information content (AvgIpc) is 3.73. The first kappa shape index (κ1) is 43.0. The Morgan fingerprint density at radius 2 is 1.92 bits per heavy atom. The lowest BCUT2D eigenvalue weighted by atomic mass is 10.0. The summed E-state index contributed by atoms with van der Waals surface area (Å²) in [7, 11) is 0. The van der Waals surface area contributed by atoms with Crippen LogP contribution in [0, 0.1) is 12.4 Å². The number of halogens is 3. The van der Waals surface area contributed by atoms with Gasteiger partial charge >= 0.3 is 6.01 Å². The van der Waals surface area contributed by atoms with Gasteiger partial charge in [-0.3, -0.25) is 14.7 Å². The Morgan fingerprint density at radius 3 is 2.63 bits per heavy atom. The van der Waals surface area contributed by atoms with E-state index in [1.807, 2.05) is 29.2 Å². The van der Waals surface area contributed by atoms with Gasteiger partial charge in [0, 0.05) is 67.0 Å². The van der Waals surface area contributed by atoms with Crippen molar-refractivity contribution in [2.45, 2.75) is 38.5 Å². The first-order valence-electron chi connectivity index (χ1n) is 16.1. The normalized spacial score (nSPS) is 19.5. The van der Waals surface area contributed by atoms with E-state index in [1.165, 1.54) is 6.08 Å². The molecule has 16 heteroatoms. The van der Waals surface area contributed by atoms with E-state index < -0.39 is 18.5 Å². The largest absolute Gasteiger partial charge is 0.463 e. The van der Waals surface area contributed by atoms with Crippen LogP contribution in [0.15, 0.2) is 54.7 Å². The number of allylic oxidation sites excluding steroid dienone is 1. The summed E-state index contributed by atoms with van der Waals surface area (Å²) in [5, 5.41) is 2.39. The number of morpholine rings is 1. The first-order chi connectivity index (χ1) is 23.4. The maximum atomic E-state index is 16.7. The van der Waals surface area contributed by atoms with Gasteiger partial charge in [-0.1, -0.05) is 49.4 Å². The maximum Gasteiger partial charge on any atom is 0.319 e. The number of ether oxygens (including phenoxy) is 2. The molecule has 3 fully saturated rings. The smallest absolute Gasteiger partial charge is 0.319 e. The number of anilines is 1. The quantitative estimate of drug-likeness (QED) is 0.105. The molecule has 7 rings (SSSR count). The number of likely N-dealkylation sites (tertiary alicyclic amines) is 1. The fourth-order valence-electron chi connectivity index (χ4n) is 7.03. The van der Waals surface area contributed by atoms with Crippen LogP contribution >= 0.6 is 52.1 Å². The predicted octanol–water partition coefficient (Wildman–Crippen LogP) is 6.32. The molecule has 3 aliphatic heterocycles. The third-order valence-corrected chi connectivity index (χ3v) is 9.62. The Bertz CT molecular complexity index is 1930. The van der Waals surface area contributed by atoms with Crippen LogP contribution in [-0.2, 0) is 9.53 Å². The number of nitrogens with zero attached hydrogens (tertiary/aromatic N) is 7. The lowest BCUT2D eigenvalue weighted by molar-refractivity contribution is -0.128. The number of rotatable bonds is 10. The Morgan fingerprint density at radius 1 is 1.13 bits per heavy atom. The minimum atomic E-state index is -0.756. The van der Waals surface area contributed by atoms with Crippen molar-refractivity contribution in [2.24, 2.45) is 0 Å². The van der Waals surface area contributed by atoms with Crippen LogP contribution in [0.3, 0.4) is 0 Å². The molecule has 0 spiro atoms. The molecule has 10 nitrogen and oxygen atoms in total. The second-order valence-electron chi connectivity index (χ2n) is 12.2. The zero-order valence-electron chi connectivity index (χ0n) is 27.7. The number of pyridine rings is 1. The molecule has 52 heavy (non-hydrogen) atoms. The Hall–Kier alpha value is -3.39. The molecule has 4 aromatic rings. The Balaban J connectivity index is 0.00000182. The van der Waals surface area contributed by atoms with Crippen LogP contribution in [0.4, 0.5) is 14.6 Å². The minimum absolute atomic E-state index is 0. The van der Waals surface area contributed by atoms with Crippen molar-refractivity contribution in [3.8, 4) is 17.3 Å². The topological polar surface area (TPSA) is 88.3 Å². The van der Waals surface area contributed by atoms with Crippen LogP contribution in [0.5, 0.6) is 6.01 Å². The summed E-state index contributed by atoms with van der Waals surface area (Å²) < 4.78 is 41.2. The molecule has 0 saturated carbocycles. The summed E-state index contributed by atoms with van der Waals surface area (Å²) >= 11 is 6.59. The van der Waals surface area contributed by atoms with Crippen molar-refractivity contribution in [1.29, 1.82) is 0 Å². The summed E-state index contributed by atoms with van der Waals surface area (Å²) in [5.41, 5.74) is 0.683. The summed E-state index contributed by atoms with van der Waals surface area (Å²) in [6.45, 7) is 10.5. The number of carbonyl (C=O) groups is 1. The third-order valence-electron chi connectivity index (χ3n) is 9.30. The molecule has 3 aliphatic rings. The zero-order valence-corrected chi connectivity index (χ0v) is 31.5. The molecule has 2 bridgehead atoms. The molecule has 5 heterocycles. The summed E-state index contributed by atoms with van der Waals surface area (Å²) in [5.74, 6) is -0.593. The second-order valence-corrected chi connectivity index (χ2v) is 12.6. The van der Waals surface area contributed by atoms with Crippen LogP contribution in [-0.4, -0.2) is 108 Å². The maximum absolute atomic E-state index is 16.7. The minimum Gasteiger partial charge on any atom is -0.463 e. The van der Waals surface area contributed by atoms with Gasteiger partial charge in [-0.05, 0) is 30.4 Å². The molecule has 3 atom stereocenters.